The van der Waals surface area contributed by atoms with Crippen molar-refractivity contribution in [2.75, 3.05) is 0 Å². The van der Waals surface area contributed by atoms with Crippen LogP contribution in [0.2, 0.25) is 5.02 Å². The van der Waals surface area contributed by atoms with Crippen molar-refractivity contribution in [3.8, 4) is 11.4 Å². The molecule has 1 heterocycles. The van der Waals surface area contributed by atoms with E-state index >= 15 is 0 Å². The standard InChI is InChI=1S/C14H8ClNO2S2/c15-8-4-6-9(7-5-8)16-13(19)12-10(17)2-1-3-11(12)18-14(16)20/h1-7,17H. The third-order valence-electron chi connectivity index (χ3n) is 2.89. The molecular weight excluding hydrogens is 314 g/mol. The van der Waals surface area contributed by atoms with Crippen molar-refractivity contribution in [2.45, 2.75) is 0 Å². The highest BCUT2D eigenvalue weighted by Crippen LogP contribution is 2.27. The van der Waals surface area contributed by atoms with Crippen LogP contribution >= 0.6 is 36.0 Å². The van der Waals surface area contributed by atoms with E-state index in [1.54, 1.807) is 47.0 Å². The molecule has 0 saturated heterocycles. The maximum Gasteiger partial charge on any atom is 0.274 e. The fraction of sp³-hybridized carbons (Fsp3) is 0. The molecule has 0 spiro atoms. The SMILES string of the molecule is Oc1cccc2oc(=S)n(-c3ccc(Cl)cc3)c(=S)c12. The van der Waals surface area contributed by atoms with E-state index in [2.05, 4.69) is 0 Å². The number of aromatic nitrogens is 1. The van der Waals surface area contributed by atoms with Gasteiger partial charge in [0, 0.05) is 5.02 Å². The number of phenols is 1. The Labute approximate surface area is 129 Å². The number of rotatable bonds is 1. The molecule has 0 saturated carbocycles. The van der Waals surface area contributed by atoms with Gasteiger partial charge in [-0.25, -0.2) is 0 Å². The number of phenolic OH excluding ortho intramolecular Hbond substituents is 1. The average molecular weight is 322 g/mol. The molecule has 0 bridgehead atoms. The van der Waals surface area contributed by atoms with E-state index in [1.807, 2.05) is 0 Å². The predicted octanol–water partition coefficient (Wildman–Crippen LogP) is 5.04. The zero-order chi connectivity index (χ0) is 14.3. The van der Waals surface area contributed by atoms with Crippen LogP contribution in [0.15, 0.2) is 46.9 Å². The van der Waals surface area contributed by atoms with Crippen molar-refractivity contribution in [1.29, 1.82) is 0 Å². The van der Waals surface area contributed by atoms with Crippen LogP contribution in [0, 0.1) is 9.48 Å². The molecule has 3 rings (SSSR count). The minimum absolute atomic E-state index is 0.0639. The molecule has 0 amide bonds. The first kappa shape index (κ1) is 13.3. The van der Waals surface area contributed by atoms with E-state index in [9.17, 15) is 5.11 Å². The quantitative estimate of drug-likeness (QED) is 0.637. The summed E-state index contributed by atoms with van der Waals surface area (Å²) in [6, 6.07) is 12.0. The molecule has 3 aromatic rings. The average Bonchev–Trinajstić information content (AvgIpc) is 2.40. The smallest absolute Gasteiger partial charge is 0.274 e. The lowest BCUT2D eigenvalue weighted by Crippen LogP contribution is -1.99. The van der Waals surface area contributed by atoms with Gasteiger partial charge in [0.1, 0.15) is 16.0 Å². The molecule has 20 heavy (non-hydrogen) atoms. The Morgan fingerprint density at radius 3 is 2.45 bits per heavy atom. The molecular formula is C14H8ClNO2S2. The minimum Gasteiger partial charge on any atom is -0.507 e. The maximum atomic E-state index is 9.96. The Morgan fingerprint density at radius 1 is 1.05 bits per heavy atom. The van der Waals surface area contributed by atoms with Gasteiger partial charge in [-0.1, -0.05) is 29.9 Å². The van der Waals surface area contributed by atoms with Gasteiger partial charge in [-0.15, -0.1) is 0 Å². The molecule has 0 aliphatic carbocycles. The lowest BCUT2D eigenvalue weighted by atomic mass is 10.2. The van der Waals surface area contributed by atoms with Crippen LogP contribution < -0.4 is 0 Å². The van der Waals surface area contributed by atoms with Gasteiger partial charge in [-0.05, 0) is 48.6 Å². The Balaban J connectivity index is 2.43. The number of hydrogen-bond donors (Lipinski definition) is 1. The monoisotopic (exact) mass is 321 g/mol. The number of benzene rings is 2. The molecule has 0 atom stereocenters. The van der Waals surface area contributed by atoms with Crippen molar-refractivity contribution in [3.05, 3.63) is 57.0 Å². The zero-order valence-electron chi connectivity index (χ0n) is 10.0. The van der Waals surface area contributed by atoms with Crippen LogP contribution in [0.25, 0.3) is 16.7 Å². The van der Waals surface area contributed by atoms with Crippen LogP contribution in [0.5, 0.6) is 5.75 Å². The minimum atomic E-state index is 0.0639. The largest absolute Gasteiger partial charge is 0.507 e. The number of halogens is 1. The molecule has 0 aliphatic rings. The van der Waals surface area contributed by atoms with Crippen molar-refractivity contribution >= 4 is 47.0 Å². The lowest BCUT2D eigenvalue weighted by Gasteiger charge is -2.09. The Morgan fingerprint density at radius 2 is 1.75 bits per heavy atom. The molecule has 2 aromatic carbocycles. The summed E-state index contributed by atoms with van der Waals surface area (Å²) in [4.78, 5) is 0.218. The summed E-state index contributed by atoms with van der Waals surface area (Å²) < 4.78 is 7.54. The fourth-order valence-corrected chi connectivity index (χ4v) is 2.83. The second kappa shape index (κ2) is 5.01. The van der Waals surface area contributed by atoms with Gasteiger partial charge in [-0.2, -0.15) is 0 Å². The fourth-order valence-electron chi connectivity index (χ4n) is 1.97. The van der Waals surface area contributed by atoms with Crippen molar-refractivity contribution in [3.63, 3.8) is 0 Å². The molecule has 6 heteroatoms. The van der Waals surface area contributed by atoms with Crippen LogP contribution in [0.4, 0.5) is 0 Å². The highest BCUT2D eigenvalue weighted by molar-refractivity contribution is 7.72. The van der Waals surface area contributed by atoms with E-state index in [0.29, 0.717) is 20.6 Å². The van der Waals surface area contributed by atoms with Gasteiger partial charge in [0.2, 0.25) is 0 Å². The molecule has 0 aliphatic heterocycles. The normalized spacial score (nSPS) is 10.8. The number of fused-ring (bicyclic) bond motifs is 1. The van der Waals surface area contributed by atoms with Crippen LogP contribution in [0.1, 0.15) is 0 Å². The number of nitrogens with zero attached hydrogens (tertiary/aromatic N) is 1. The van der Waals surface area contributed by atoms with E-state index < -0.39 is 0 Å². The summed E-state index contributed by atoms with van der Waals surface area (Å²) in [5, 5.41) is 11.0. The molecule has 0 radical (unpaired) electrons. The summed E-state index contributed by atoms with van der Waals surface area (Å²) >= 11 is 16.5. The molecule has 0 unspecified atom stereocenters. The van der Waals surface area contributed by atoms with Gasteiger partial charge in [-0.3, -0.25) is 4.57 Å². The van der Waals surface area contributed by atoms with Crippen molar-refractivity contribution < 1.29 is 9.52 Å². The second-order valence-corrected chi connectivity index (χ2v) is 5.31. The molecule has 100 valence electrons. The topological polar surface area (TPSA) is 38.3 Å². The van der Waals surface area contributed by atoms with Crippen LogP contribution in [-0.2, 0) is 0 Å². The van der Waals surface area contributed by atoms with Gasteiger partial charge in [0.15, 0.2) is 0 Å². The van der Waals surface area contributed by atoms with E-state index in [-0.39, 0.29) is 10.6 Å². The third kappa shape index (κ3) is 2.14. The molecule has 1 N–H and O–H groups in total. The van der Waals surface area contributed by atoms with E-state index in [0.717, 1.165) is 5.69 Å². The highest BCUT2D eigenvalue weighted by Gasteiger charge is 2.09. The first-order valence-corrected chi connectivity index (χ1v) is 6.91. The predicted molar refractivity (Wildman–Crippen MR) is 83.9 cm³/mol. The van der Waals surface area contributed by atoms with Crippen molar-refractivity contribution in [2.24, 2.45) is 0 Å². The maximum absolute atomic E-state index is 9.96. The summed E-state index contributed by atoms with van der Waals surface area (Å²) in [6.07, 6.45) is 0. The molecule has 3 nitrogen and oxygen atoms in total. The van der Waals surface area contributed by atoms with Crippen LogP contribution in [-0.4, -0.2) is 9.67 Å². The van der Waals surface area contributed by atoms with Gasteiger partial charge < -0.3 is 9.52 Å². The van der Waals surface area contributed by atoms with Crippen LogP contribution in [0.3, 0.4) is 0 Å². The van der Waals surface area contributed by atoms with Crippen molar-refractivity contribution in [1.82, 2.24) is 4.57 Å². The summed E-state index contributed by atoms with van der Waals surface area (Å²) in [6.45, 7) is 0. The van der Waals surface area contributed by atoms with Gasteiger partial charge in [0.25, 0.3) is 4.84 Å². The molecule has 0 fully saturated rings. The lowest BCUT2D eigenvalue weighted by molar-refractivity contribution is 0.476. The zero-order valence-corrected chi connectivity index (χ0v) is 12.4. The summed E-state index contributed by atoms with van der Waals surface area (Å²) in [5.41, 5.74) is 1.20. The summed E-state index contributed by atoms with van der Waals surface area (Å²) in [7, 11) is 0. The Hall–Kier alpha value is -1.69. The van der Waals surface area contributed by atoms with Gasteiger partial charge >= 0.3 is 0 Å². The molecule has 1 aromatic heterocycles. The van der Waals surface area contributed by atoms with Gasteiger partial charge in [0.05, 0.1) is 11.1 Å². The first-order valence-electron chi connectivity index (χ1n) is 5.72. The Bertz CT molecular complexity index is 913. The Kier molecular flexibility index (Phi) is 3.33. The summed E-state index contributed by atoms with van der Waals surface area (Å²) in [5.74, 6) is 0.0639. The number of hydrogen-bond acceptors (Lipinski definition) is 4. The second-order valence-electron chi connectivity index (χ2n) is 4.14. The van der Waals surface area contributed by atoms with E-state index in [4.69, 9.17) is 40.5 Å². The third-order valence-corrected chi connectivity index (χ3v) is 3.79. The van der Waals surface area contributed by atoms with E-state index in [1.165, 1.54) is 0 Å². The first-order chi connectivity index (χ1) is 9.58. The number of aromatic hydroxyl groups is 1. The highest BCUT2D eigenvalue weighted by atomic mass is 35.5.